The van der Waals surface area contributed by atoms with Crippen molar-refractivity contribution in [1.82, 2.24) is 4.90 Å². The van der Waals surface area contributed by atoms with E-state index in [0.29, 0.717) is 71.3 Å². The van der Waals surface area contributed by atoms with Gasteiger partial charge < -0.3 is 28.4 Å². The molecule has 584 valence electrons. The molecule has 0 bridgehead atoms. The van der Waals surface area contributed by atoms with Gasteiger partial charge in [-0.15, -0.1) is 0 Å². The average molecular weight is 1460 g/mol. The van der Waals surface area contributed by atoms with Crippen molar-refractivity contribution >= 4 is 19.9 Å². The zero-order valence-corrected chi connectivity index (χ0v) is 70.6. The molecule has 13 rings (SSSR count). The number of aryl methyl sites for hydroxylation is 1. The summed E-state index contributed by atoms with van der Waals surface area (Å²) in [6.45, 7) is 36.7. The van der Waals surface area contributed by atoms with Crippen molar-refractivity contribution in [2.45, 2.75) is 355 Å². The van der Waals surface area contributed by atoms with E-state index in [1.807, 2.05) is 0 Å². The Morgan fingerprint density at radius 2 is 1.18 bits per heavy atom. The van der Waals surface area contributed by atoms with Gasteiger partial charge in [-0.3, -0.25) is 0 Å². The highest BCUT2D eigenvalue weighted by molar-refractivity contribution is 6.48. The van der Waals surface area contributed by atoms with Gasteiger partial charge in [-0.25, -0.2) is 0 Å². The van der Waals surface area contributed by atoms with Crippen molar-refractivity contribution in [2.24, 2.45) is 53.3 Å². The lowest BCUT2D eigenvalue weighted by atomic mass is 9.64. The van der Waals surface area contributed by atoms with Gasteiger partial charge in [0.15, 0.2) is 0 Å². The molecule has 2 fully saturated rings. The lowest BCUT2D eigenvalue weighted by molar-refractivity contribution is 0.00578. The van der Waals surface area contributed by atoms with E-state index in [1.165, 1.54) is 162 Å². The molecule has 13 unspecified atom stereocenters. The van der Waals surface area contributed by atoms with Crippen LogP contribution >= 0.6 is 0 Å². The SMILES string of the molecule is CCCCCCC1=CC(C2=CCC(N(C3=CC=C(C4=CC=C(CC(C)C)CC4)CC3)C3C=CC(C4C=CC(B5OC(C)(C)C(C)(C)O5)CC4)CC3)C=C2C)C(CCCCCC)CC1c1ccc(N(C2=CC=C(C3C=CC(CC(C)C)CC3)CC2)C2C=CC(C3=CCC(B4OC(C)(C)C(C)(C)O4)C=C3)CC2)cc1C. The van der Waals surface area contributed by atoms with Crippen LogP contribution in [-0.4, -0.2) is 59.7 Å². The number of benzene rings is 1. The van der Waals surface area contributed by atoms with Gasteiger partial charge in [0, 0.05) is 52.5 Å². The van der Waals surface area contributed by atoms with Crippen LogP contribution in [0.5, 0.6) is 0 Å². The normalized spacial score (nSPS) is 31.5. The maximum Gasteiger partial charge on any atom is 0.465 e. The Morgan fingerprint density at radius 1 is 0.528 bits per heavy atom. The molecule has 0 radical (unpaired) electrons. The number of hydrogen-bond acceptors (Lipinski definition) is 6. The van der Waals surface area contributed by atoms with Crippen LogP contribution in [0.4, 0.5) is 5.69 Å². The van der Waals surface area contributed by atoms with Gasteiger partial charge in [0.2, 0.25) is 0 Å². The zero-order chi connectivity index (χ0) is 76.1. The Bertz CT molecular complexity index is 3770. The van der Waals surface area contributed by atoms with Crippen LogP contribution < -0.4 is 4.90 Å². The maximum atomic E-state index is 6.58. The molecule has 6 nitrogen and oxygen atoms in total. The van der Waals surface area contributed by atoms with Crippen molar-refractivity contribution in [3.05, 3.63) is 207 Å². The van der Waals surface area contributed by atoms with Crippen molar-refractivity contribution in [2.75, 3.05) is 4.90 Å². The molecule has 1 aromatic carbocycles. The first kappa shape index (κ1) is 80.9. The van der Waals surface area contributed by atoms with E-state index in [0.717, 1.165) is 69.6 Å². The van der Waals surface area contributed by atoms with E-state index >= 15 is 0 Å². The number of nitrogens with zero attached hydrogens (tertiary/aromatic N) is 2. The summed E-state index contributed by atoms with van der Waals surface area (Å²) in [6.07, 6.45) is 86.6. The third-order valence-electron chi connectivity index (χ3n) is 28.9. The Hall–Kier alpha value is -5.11. The zero-order valence-electron chi connectivity index (χ0n) is 70.6. The minimum Gasteiger partial charge on any atom is -0.403 e. The summed E-state index contributed by atoms with van der Waals surface area (Å²) in [5.74, 6) is 6.30. The summed E-state index contributed by atoms with van der Waals surface area (Å²) in [5.41, 5.74) is 18.9. The highest BCUT2D eigenvalue weighted by Gasteiger charge is 2.55. The number of rotatable bonds is 28. The van der Waals surface area contributed by atoms with Crippen molar-refractivity contribution in [3.8, 4) is 0 Å². The molecular formula is C100H144B2N2O4. The summed E-state index contributed by atoms with van der Waals surface area (Å²) < 4.78 is 26.3. The quantitative estimate of drug-likeness (QED) is 0.0473. The molecular weight excluding hydrogens is 1310 g/mol. The molecule has 0 spiro atoms. The molecule has 2 aliphatic heterocycles. The number of anilines is 1. The third-order valence-corrected chi connectivity index (χ3v) is 28.9. The van der Waals surface area contributed by atoms with E-state index < -0.39 is 0 Å². The Morgan fingerprint density at radius 3 is 1.74 bits per heavy atom. The fourth-order valence-corrected chi connectivity index (χ4v) is 21.1. The molecule has 108 heavy (non-hydrogen) atoms. The van der Waals surface area contributed by atoms with Gasteiger partial charge in [0.1, 0.15) is 0 Å². The smallest absolute Gasteiger partial charge is 0.403 e. The Labute approximate surface area is 659 Å². The molecule has 0 aromatic heterocycles. The van der Waals surface area contributed by atoms with E-state index in [-0.39, 0.29) is 42.5 Å². The molecule has 0 N–H and O–H groups in total. The predicted octanol–water partition coefficient (Wildman–Crippen LogP) is 27.3. The van der Waals surface area contributed by atoms with Crippen LogP contribution in [0.1, 0.15) is 307 Å². The summed E-state index contributed by atoms with van der Waals surface area (Å²) in [7, 11) is -0.373. The van der Waals surface area contributed by atoms with Crippen molar-refractivity contribution in [3.63, 3.8) is 0 Å². The molecule has 0 amide bonds. The summed E-state index contributed by atoms with van der Waals surface area (Å²) in [4.78, 5) is 5.73. The van der Waals surface area contributed by atoms with Crippen LogP contribution in [0.2, 0.25) is 11.6 Å². The fourth-order valence-electron chi connectivity index (χ4n) is 21.1. The number of hydrogen-bond donors (Lipinski definition) is 0. The van der Waals surface area contributed by atoms with Gasteiger partial charge in [0.05, 0.1) is 34.5 Å². The molecule has 13 atom stereocenters. The summed E-state index contributed by atoms with van der Waals surface area (Å²) >= 11 is 0. The predicted molar refractivity (Wildman–Crippen MR) is 461 cm³/mol. The van der Waals surface area contributed by atoms with Crippen molar-refractivity contribution < 1.29 is 18.6 Å². The lowest BCUT2D eigenvalue weighted by Gasteiger charge is -2.45. The topological polar surface area (TPSA) is 43.4 Å². The third kappa shape index (κ3) is 18.9. The maximum absolute atomic E-state index is 6.58. The standard InChI is InChI=1S/C100H144B2N2O4/c1-17-19-21-23-25-83-67-96(94-62-60-92(66-72(94)8)104(88-53-41-80(42-54-88)76-33-29-74(30-34-76)64-70(5)6)90-57-45-82(46-58-90)78-37-49-86(50-38-78)102-107-99(13,14)100(15,16)108-102)84(26-24-22-20-18-2)68-95(83)93-61-59-91(65-71(93)7)103(87-51-39-79(40-52-87)75-31-27-73(28-32-75)63-69(3)4)89-55-43-81(44-56-89)77-35-47-85(48-36-77)101-105-97(9,10)98(11,12)106-101/h27,29,31,33,35-37,39,41,43,45,47,49,51,53,55,57,59,61-62,65-67,69-70,73,75,78,81-82,84-86,89-90,92,95-96H,17-26,28,30,32,34,38,40,42,44,46,48,50,52,54,56,58,60,63-64,68H2,1-16H3. The van der Waals surface area contributed by atoms with Gasteiger partial charge >= 0.3 is 14.2 Å². The van der Waals surface area contributed by atoms with E-state index in [2.05, 4.69) is 260 Å². The minimum atomic E-state index is -0.322. The van der Waals surface area contributed by atoms with Gasteiger partial charge in [0.25, 0.3) is 0 Å². The van der Waals surface area contributed by atoms with E-state index in [9.17, 15) is 0 Å². The highest BCUT2D eigenvalue weighted by atomic mass is 16.7. The van der Waals surface area contributed by atoms with Crippen LogP contribution in [0.15, 0.2) is 196 Å². The number of allylic oxidation sites excluding steroid dienone is 26. The Kier molecular flexibility index (Phi) is 26.6. The van der Waals surface area contributed by atoms with Crippen LogP contribution in [0.3, 0.4) is 0 Å². The van der Waals surface area contributed by atoms with Gasteiger partial charge in [-0.05, 0) is 315 Å². The molecule has 10 aliphatic carbocycles. The van der Waals surface area contributed by atoms with Crippen molar-refractivity contribution in [1.29, 1.82) is 0 Å². The van der Waals surface area contributed by atoms with Crippen LogP contribution in [-0.2, 0) is 18.6 Å². The molecule has 2 heterocycles. The Balaban J connectivity index is 0.776. The second kappa shape index (κ2) is 35.5. The second-order valence-corrected chi connectivity index (χ2v) is 38.8. The first-order valence-corrected chi connectivity index (χ1v) is 44.6. The molecule has 12 aliphatic rings. The molecule has 0 saturated carbocycles. The number of unbranched alkanes of at least 4 members (excludes halogenated alkanes) is 6. The second-order valence-electron chi connectivity index (χ2n) is 38.8. The molecule has 2 saturated heterocycles. The first-order valence-electron chi connectivity index (χ1n) is 44.6. The van der Waals surface area contributed by atoms with E-state index in [4.69, 9.17) is 18.6 Å². The van der Waals surface area contributed by atoms with Crippen LogP contribution in [0, 0.1) is 60.2 Å². The van der Waals surface area contributed by atoms with Gasteiger partial charge in [-0.1, -0.05) is 219 Å². The summed E-state index contributed by atoms with van der Waals surface area (Å²) in [5, 5.41) is 0. The largest absolute Gasteiger partial charge is 0.465 e. The summed E-state index contributed by atoms with van der Waals surface area (Å²) in [6, 6.07) is 8.83. The minimum absolute atomic E-state index is 0.163. The average Bonchev–Trinajstić information content (AvgIpc) is 0.984. The van der Waals surface area contributed by atoms with Gasteiger partial charge in [-0.2, -0.15) is 0 Å². The van der Waals surface area contributed by atoms with E-state index in [1.54, 1.807) is 39.0 Å². The monoisotopic (exact) mass is 1460 g/mol. The first-order chi connectivity index (χ1) is 51.8. The molecule has 8 heteroatoms. The highest BCUT2D eigenvalue weighted by Crippen LogP contribution is 2.52. The fraction of sp³-hybridized carbons (Fsp3) is 0.640. The lowest BCUT2D eigenvalue weighted by Crippen LogP contribution is -2.43. The van der Waals surface area contributed by atoms with Crippen LogP contribution in [0.25, 0.3) is 0 Å². The molecule has 1 aromatic rings.